The van der Waals surface area contributed by atoms with Crippen LogP contribution in [0.25, 0.3) is 6.08 Å². The third-order valence-electron chi connectivity index (χ3n) is 4.34. The lowest BCUT2D eigenvalue weighted by Crippen LogP contribution is -2.35. The highest BCUT2D eigenvalue weighted by atomic mass is 16.5. The Labute approximate surface area is 147 Å². The summed E-state index contributed by atoms with van der Waals surface area (Å²) in [6.07, 6.45) is 3.48. The summed E-state index contributed by atoms with van der Waals surface area (Å²) in [7, 11) is 1.60. The normalized spacial score (nSPS) is 18.6. The molecule has 2 aromatic rings. The first kappa shape index (κ1) is 17.2. The first-order chi connectivity index (χ1) is 11.9. The monoisotopic (exact) mass is 338 g/mol. The summed E-state index contributed by atoms with van der Waals surface area (Å²) >= 11 is 0. The standard InChI is InChI=1S/C21H22O4/c1-21(2)13-18(24-3)19-17(25-21)12-10-15(20(19)23)16(22)11-9-14-7-5-4-6-8-14/h4-12,18,23H,13H2,1-3H3/b11-9+/t18-/m0/s1. The van der Waals surface area contributed by atoms with Crippen molar-refractivity contribution in [3.8, 4) is 11.5 Å². The van der Waals surface area contributed by atoms with Gasteiger partial charge in [0.1, 0.15) is 17.1 Å². The van der Waals surface area contributed by atoms with Crippen molar-refractivity contribution in [2.75, 3.05) is 7.11 Å². The van der Waals surface area contributed by atoms with E-state index in [0.717, 1.165) is 5.56 Å². The molecule has 3 rings (SSSR count). The molecule has 1 aliphatic rings. The number of allylic oxidation sites excluding steroid dienone is 1. The summed E-state index contributed by atoms with van der Waals surface area (Å²) in [6.45, 7) is 3.95. The Morgan fingerprint density at radius 2 is 1.96 bits per heavy atom. The molecule has 4 heteroatoms. The van der Waals surface area contributed by atoms with Gasteiger partial charge in [-0.3, -0.25) is 4.79 Å². The molecule has 1 heterocycles. The Kier molecular flexibility index (Phi) is 4.64. The predicted octanol–water partition coefficient (Wildman–Crippen LogP) is 4.54. The van der Waals surface area contributed by atoms with E-state index < -0.39 is 5.60 Å². The van der Waals surface area contributed by atoms with Gasteiger partial charge in [0.25, 0.3) is 0 Å². The van der Waals surface area contributed by atoms with Crippen LogP contribution in [0.3, 0.4) is 0 Å². The minimum atomic E-state index is -0.390. The number of carbonyl (C=O) groups excluding carboxylic acids is 1. The third-order valence-corrected chi connectivity index (χ3v) is 4.34. The summed E-state index contributed by atoms with van der Waals surface area (Å²) in [5.74, 6) is 0.232. The van der Waals surface area contributed by atoms with E-state index in [1.54, 1.807) is 25.3 Å². The maximum atomic E-state index is 12.5. The number of methoxy groups -OCH3 is 1. The zero-order chi connectivity index (χ0) is 18.0. The zero-order valence-corrected chi connectivity index (χ0v) is 14.7. The first-order valence-electron chi connectivity index (χ1n) is 8.26. The van der Waals surface area contributed by atoms with Crippen LogP contribution in [-0.4, -0.2) is 23.6 Å². The number of ketones is 1. The molecule has 0 spiro atoms. The van der Waals surface area contributed by atoms with Gasteiger partial charge in [-0.05, 0) is 37.6 Å². The number of phenolic OH excluding ortho intramolecular Hbond substituents is 1. The summed E-state index contributed by atoms with van der Waals surface area (Å²) in [5, 5.41) is 10.7. The van der Waals surface area contributed by atoms with Crippen LogP contribution in [0.4, 0.5) is 0 Å². The van der Waals surface area contributed by atoms with E-state index >= 15 is 0 Å². The summed E-state index contributed by atoms with van der Waals surface area (Å²) in [4.78, 5) is 12.5. The maximum absolute atomic E-state index is 12.5. The molecule has 25 heavy (non-hydrogen) atoms. The van der Waals surface area contributed by atoms with Gasteiger partial charge in [0.2, 0.25) is 0 Å². The molecular formula is C21H22O4. The quantitative estimate of drug-likeness (QED) is 0.657. The molecule has 0 radical (unpaired) electrons. The van der Waals surface area contributed by atoms with Gasteiger partial charge in [-0.1, -0.05) is 36.4 Å². The Hall–Kier alpha value is -2.59. The number of benzene rings is 2. The van der Waals surface area contributed by atoms with Gasteiger partial charge in [-0.15, -0.1) is 0 Å². The van der Waals surface area contributed by atoms with Crippen LogP contribution >= 0.6 is 0 Å². The molecule has 0 unspecified atom stereocenters. The van der Waals surface area contributed by atoms with E-state index in [2.05, 4.69) is 0 Å². The molecule has 0 aromatic heterocycles. The first-order valence-corrected chi connectivity index (χ1v) is 8.26. The van der Waals surface area contributed by atoms with Crippen LogP contribution < -0.4 is 4.74 Å². The highest BCUT2D eigenvalue weighted by Crippen LogP contribution is 2.46. The highest BCUT2D eigenvalue weighted by molar-refractivity contribution is 6.09. The van der Waals surface area contributed by atoms with Crippen LogP contribution in [0.2, 0.25) is 0 Å². The van der Waals surface area contributed by atoms with Crippen LogP contribution in [0, 0.1) is 0 Å². The highest BCUT2D eigenvalue weighted by Gasteiger charge is 2.36. The van der Waals surface area contributed by atoms with Crippen LogP contribution in [-0.2, 0) is 4.74 Å². The minimum absolute atomic E-state index is 0.0671. The van der Waals surface area contributed by atoms with Gasteiger partial charge in [-0.25, -0.2) is 0 Å². The summed E-state index contributed by atoms with van der Waals surface area (Å²) in [6, 6.07) is 12.9. The van der Waals surface area contributed by atoms with Gasteiger partial charge in [-0.2, -0.15) is 0 Å². The SMILES string of the molecule is CO[C@H]1CC(C)(C)Oc2ccc(C(=O)/C=C/c3ccccc3)c(O)c21. The molecular weight excluding hydrogens is 316 g/mol. The van der Waals surface area contributed by atoms with E-state index in [4.69, 9.17) is 9.47 Å². The molecule has 2 aromatic carbocycles. The lowest BCUT2D eigenvalue weighted by atomic mass is 9.89. The van der Waals surface area contributed by atoms with Crippen molar-refractivity contribution in [2.24, 2.45) is 0 Å². The molecule has 0 aliphatic carbocycles. The van der Waals surface area contributed by atoms with Crippen molar-refractivity contribution in [2.45, 2.75) is 32.0 Å². The average Bonchev–Trinajstić information content (AvgIpc) is 2.59. The Morgan fingerprint density at radius 1 is 1.24 bits per heavy atom. The van der Waals surface area contributed by atoms with Crippen molar-refractivity contribution >= 4 is 11.9 Å². The molecule has 4 nitrogen and oxygen atoms in total. The van der Waals surface area contributed by atoms with E-state index in [9.17, 15) is 9.90 Å². The summed E-state index contributed by atoms with van der Waals surface area (Å²) in [5.41, 5.74) is 1.32. The van der Waals surface area contributed by atoms with Gasteiger partial charge < -0.3 is 14.6 Å². The number of ether oxygens (including phenoxy) is 2. The topological polar surface area (TPSA) is 55.8 Å². The van der Waals surface area contributed by atoms with Gasteiger partial charge in [0, 0.05) is 13.5 Å². The minimum Gasteiger partial charge on any atom is -0.507 e. The second-order valence-electron chi connectivity index (χ2n) is 6.77. The molecule has 1 aliphatic heterocycles. The van der Waals surface area contributed by atoms with Crippen LogP contribution in [0.5, 0.6) is 11.5 Å². The number of carbonyl (C=O) groups is 1. The third kappa shape index (κ3) is 3.59. The number of aromatic hydroxyl groups is 1. The van der Waals surface area contributed by atoms with Crippen molar-refractivity contribution in [3.63, 3.8) is 0 Å². The number of hydrogen-bond acceptors (Lipinski definition) is 4. The molecule has 0 fully saturated rings. The molecule has 1 N–H and O–H groups in total. The van der Waals surface area contributed by atoms with E-state index in [1.165, 1.54) is 6.08 Å². The van der Waals surface area contributed by atoms with Crippen molar-refractivity contribution in [1.29, 1.82) is 0 Å². The average molecular weight is 338 g/mol. The summed E-state index contributed by atoms with van der Waals surface area (Å²) < 4.78 is 11.5. The van der Waals surface area contributed by atoms with Crippen molar-refractivity contribution < 1.29 is 19.4 Å². The lowest BCUT2D eigenvalue weighted by molar-refractivity contribution is -0.0122. The second-order valence-corrected chi connectivity index (χ2v) is 6.77. The predicted molar refractivity (Wildman–Crippen MR) is 97.0 cm³/mol. The van der Waals surface area contributed by atoms with Crippen molar-refractivity contribution in [3.05, 3.63) is 65.2 Å². The van der Waals surface area contributed by atoms with Gasteiger partial charge >= 0.3 is 0 Å². The van der Waals surface area contributed by atoms with Crippen LogP contribution in [0.1, 0.15) is 47.9 Å². The molecule has 0 saturated heterocycles. The fourth-order valence-electron chi connectivity index (χ4n) is 3.10. The number of hydrogen-bond donors (Lipinski definition) is 1. The number of phenols is 1. The number of rotatable bonds is 4. The second kappa shape index (κ2) is 6.73. The molecule has 0 amide bonds. The van der Waals surface area contributed by atoms with E-state index in [0.29, 0.717) is 17.7 Å². The van der Waals surface area contributed by atoms with Gasteiger partial charge in [0.05, 0.1) is 17.2 Å². The zero-order valence-electron chi connectivity index (χ0n) is 14.7. The van der Waals surface area contributed by atoms with Crippen LogP contribution in [0.15, 0.2) is 48.5 Å². The smallest absolute Gasteiger partial charge is 0.189 e. The fourth-order valence-corrected chi connectivity index (χ4v) is 3.10. The van der Waals surface area contributed by atoms with E-state index in [-0.39, 0.29) is 23.2 Å². The lowest BCUT2D eigenvalue weighted by Gasteiger charge is -2.37. The molecule has 130 valence electrons. The molecule has 1 atom stereocenters. The Morgan fingerprint density at radius 3 is 2.64 bits per heavy atom. The van der Waals surface area contributed by atoms with E-state index in [1.807, 2.05) is 44.2 Å². The van der Waals surface area contributed by atoms with Gasteiger partial charge in [0.15, 0.2) is 5.78 Å². The Bertz CT molecular complexity index is 806. The maximum Gasteiger partial charge on any atom is 0.189 e. The molecule has 0 saturated carbocycles. The number of fused-ring (bicyclic) bond motifs is 1. The van der Waals surface area contributed by atoms with Crippen molar-refractivity contribution in [1.82, 2.24) is 0 Å². The fraction of sp³-hybridized carbons (Fsp3) is 0.286. The Balaban J connectivity index is 1.94. The largest absolute Gasteiger partial charge is 0.507 e. The molecule has 0 bridgehead atoms.